The van der Waals surface area contributed by atoms with Gasteiger partial charge in [-0.1, -0.05) is 25.1 Å². The number of hydrogen-bond acceptors (Lipinski definition) is 4. The first-order valence-corrected chi connectivity index (χ1v) is 7.06. The number of para-hydroxylation sites is 2. The lowest BCUT2D eigenvalue weighted by atomic mass is 10.2. The summed E-state index contributed by atoms with van der Waals surface area (Å²) in [4.78, 5) is 0. The van der Waals surface area contributed by atoms with Gasteiger partial charge in [0, 0.05) is 6.54 Å². The fraction of sp³-hybridized carbons (Fsp3) is 0.294. The molecule has 0 saturated carbocycles. The van der Waals surface area contributed by atoms with Crippen LogP contribution in [0.25, 0.3) is 0 Å². The quantitative estimate of drug-likeness (QED) is 0.813. The summed E-state index contributed by atoms with van der Waals surface area (Å²) in [5, 5.41) is 13.1. The molecule has 0 saturated heterocycles. The Morgan fingerprint density at radius 3 is 2.62 bits per heavy atom. The van der Waals surface area contributed by atoms with Crippen LogP contribution in [0.15, 0.2) is 42.5 Å². The molecule has 0 aliphatic rings. The molecule has 0 bridgehead atoms. The minimum absolute atomic E-state index is 0.146. The van der Waals surface area contributed by atoms with Gasteiger partial charge >= 0.3 is 0 Å². The SMILES string of the molecule is CCCOc1ccccc1NCc1ccc(OC)c(O)c1. The van der Waals surface area contributed by atoms with Crippen LogP contribution in [0.1, 0.15) is 18.9 Å². The highest BCUT2D eigenvalue weighted by Crippen LogP contribution is 2.28. The molecule has 2 aromatic carbocycles. The van der Waals surface area contributed by atoms with Crippen LogP contribution in [0.4, 0.5) is 5.69 Å². The van der Waals surface area contributed by atoms with Gasteiger partial charge in [-0.15, -0.1) is 0 Å². The number of benzene rings is 2. The zero-order valence-electron chi connectivity index (χ0n) is 12.4. The third-order valence-electron chi connectivity index (χ3n) is 3.07. The first kappa shape index (κ1) is 15.0. The van der Waals surface area contributed by atoms with Gasteiger partial charge in [0.25, 0.3) is 0 Å². The van der Waals surface area contributed by atoms with E-state index in [0.29, 0.717) is 18.9 Å². The first-order chi connectivity index (χ1) is 10.2. The summed E-state index contributed by atoms with van der Waals surface area (Å²) in [5.74, 6) is 1.47. The number of nitrogens with one attached hydrogen (secondary N) is 1. The molecule has 2 N–H and O–H groups in total. The molecular formula is C17H21NO3. The highest BCUT2D eigenvalue weighted by atomic mass is 16.5. The lowest BCUT2D eigenvalue weighted by Gasteiger charge is -2.13. The van der Waals surface area contributed by atoms with Crippen molar-refractivity contribution in [2.45, 2.75) is 19.9 Å². The molecule has 0 fully saturated rings. The van der Waals surface area contributed by atoms with Gasteiger partial charge in [-0.05, 0) is 36.2 Å². The minimum Gasteiger partial charge on any atom is -0.504 e. The van der Waals surface area contributed by atoms with Crippen LogP contribution in [-0.4, -0.2) is 18.8 Å². The van der Waals surface area contributed by atoms with E-state index in [0.717, 1.165) is 23.4 Å². The fourth-order valence-electron chi connectivity index (χ4n) is 1.99. The Kier molecular flexibility index (Phi) is 5.32. The zero-order chi connectivity index (χ0) is 15.1. The summed E-state index contributed by atoms with van der Waals surface area (Å²) >= 11 is 0. The van der Waals surface area contributed by atoms with Crippen LogP contribution in [0.2, 0.25) is 0 Å². The van der Waals surface area contributed by atoms with Crippen molar-refractivity contribution in [3.05, 3.63) is 48.0 Å². The van der Waals surface area contributed by atoms with E-state index in [-0.39, 0.29) is 5.75 Å². The Bertz CT molecular complexity index is 584. The first-order valence-electron chi connectivity index (χ1n) is 7.06. The van der Waals surface area contributed by atoms with E-state index in [1.165, 1.54) is 7.11 Å². The van der Waals surface area contributed by atoms with Crippen molar-refractivity contribution in [2.24, 2.45) is 0 Å². The maximum Gasteiger partial charge on any atom is 0.160 e. The van der Waals surface area contributed by atoms with E-state index in [1.807, 2.05) is 30.3 Å². The number of aromatic hydroxyl groups is 1. The Balaban J connectivity index is 2.04. The van der Waals surface area contributed by atoms with Crippen molar-refractivity contribution in [3.63, 3.8) is 0 Å². The van der Waals surface area contributed by atoms with Crippen LogP contribution < -0.4 is 14.8 Å². The maximum absolute atomic E-state index is 9.78. The fourth-order valence-corrected chi connectivity index (χ4v) is 1.99. The lowest BCUT2D eigenvalue weighted by Crippen LogP contribution is -2.03. The molecule has 0 spiro atoms. The number of methoxy groups -OCH3 is 1. The molecule has 4 heteroatoms. The van der Waals surface area contributed by atoms with E-state index in [2.05, 4.69) is 12.2 Å². The van der Waals surface area contributed by atoms with Crippen molar-refractivity contribution in [1.29, 1.82) is 0 Å². The van der Waals surface area contributed by atoms with Gasteiger partial charge in [0.2, 0.25) is 0 Å². The van der Waals surface area contributed by atoms with Gasteiger partial charge in [0.05, 0.1) is 19.4 Å². The number of hydrogen-bond donors (Lipinski definition) is 2. The zero-order valence-corrected chi connectivity index (χ0v) is 12.4. The van der Waals surface area contributed by atoms with E-state index in [4.69, 9.17) is 9.47 Å². The lowest BCUT2D eigenvalue weighted by molar-refractivity contribution is 0.319. The molecule has 0 heterocycles. The number of phenols is 1. The van der Waals surface area contributed by atoms with Gasteiger partial charge in [-0.2, -0.15) is 0 Å². The Morgan fingerprint density at radius 2 is 1.90 bits per heavy atom. The number of phenolic OH excluding ortho intramolecular Hbond substituents is 1. The van der Waals surface area contributed by atoms with Crippen LogP contribution >= 0.6 is 0 Å². The highest BCUT2D eigenvalue weighted by molar-refractivity contribution is 5.56. The maximum atomic E-state index is 9.78. The van der Waals surface area contributed by atoms with Crippen LogP contribution in [0, 0.1) is 0 Å². The molecule has 0 amide bonds. The largest absolute Gasteiger partial charge is 0.504 e. The van der Waals surface area contributed by atoms with Crippen molar-refractivity contribution in [3.8, 4) is 17.2 Å². The van der Waals surface area contributed by atoms with Crippen LogP contribution in [0.5, 0.6) is 17.2 Å². The summed E-state index contributed by atoms with van der Waals surface area (Å²) in [6, 6.07) is 13.2. The van der Waals surface area contributed by atoms with Crippen molar-refractivity contribution in [2.75, 3.05) is 19.0 Å². The minimum atomic E-state index is 0.146. The second kappa shape index (κ2) is 7.43. The average Bonchev–Trinajstić information content (AvgIpc) is 2.52. The summed E-state index contributed by atoms with van der Waals surface area (Å²) in [6.45, 7) is 3.38. The average molecular weight is 287 g/mol. The van der Waals surface area contributed by atoms with E-state index >= 15 is 0 Å². The van der Waals surface area contributed by atoms with Crippen molar-refractivity contribution >= 4 is 5.69 Å². The van der Waals surface area contributed by atoms with Crippen LogP contribution in [-0.2, 0) is 6.54 Å². The normalized spacial score (nSPS) is 10.2. The molecule has 0 aliphatic carbocycles. The second-order valence-electron chi connectivity index (χ2n) is 4.70. The molecule has 0 radical (unpaired) electrons. The molecule has 4 nitrogen and oxygen atoms in total. The molecule has 0 aliphatic heterocycles. The molecule has 2 aromatic rings. The third-order valence-corrected chi connectivity index (χ3v) is 3.07. The van der Waals surface area contributed by atoms with Gasteiger partial charge in [-0.25, -0.2) is 0 Å². The molecule has 0 atom stereocenters. The molecule has 2 rings (SSSR count). The standard InChI is InChI=1S/C17H21NO3/c1-3-10-21-16-7-5-4-6-14(16)18-12-13-8-9-17(20-2)15(19)11-13/h4-9,11,18-19H,3,10,12H2,1-2H3. The van der Waals surface area contributed by atoms with Gasteiger partial charge in [0.1, 0.15) is 5.75 Å². The van der Waals surface area contributed by atoms with Crippen molar-refractivity contribution in [1.82, 2.24) is 0 Å². The van der Waals surface area contributed by atoms with Gasteiger partial charge < -0.3 is 19.9 Å². The summed E-state index contributed by atoms with van der Waals surface area (Å²) in [6.07, 6.45) is 0.973. The third kappa shape index (κ3) is 4.05. The number of ether oxygens (including phenoxy) is 2. The predicted molar refractivity (Wildman–Crippen MR) is 84.2 cm³/mol. The topological polar surface area (TPSA) is 50.7 Å². The monoisotopic (exact) mass is 287 g/mol. The summed E-state index contributed by atoms with van der Waals surface area (Å²) in [7, 11) is 1.54. The van der Waals surface area contributed by atoms with E-state index in [9.17, 15) is 5.11 Å². The van der Waals surface area contributed by atoms with E-state index < -0.39 is 0 Å². The molecule has 0 unspecified atom stereocenters. The number of anilines is 1. The van der Waals surface area contributed by atoms with Gasteiger partial charge in [0.15, 0.2) is 11.5 Å². The summed E-state index contributed by atoms with van der Waals surface area (Å²) in [5.41, 5.74) is 1.92. The van der Waals surface area contributed by atoms with E-state index in [1.54, 1.807) is 12.1 Å². The Hall–Kier alpha value is -2.36. The smallest absolute Gasteiger partial charge is 0.160 e. The van der Waals surface area contributed by atoms with Crippen LogP contribution in [0.3, 0.4) is 0 Å². The predicted octanol–water partition coefficient (Wildman–Crippen LogP) is 3.80. The Morgan fingerprint density at radius 1 is 1.10 bits per heavy atom. The number of rotatable bonds is 7. The van der Waals surface area contributed by atoms with Crippen molar-refractivity contribution < 1.29 is 14.6 Å². The van der Waals surface area contributed by atoms with Gasteiger partial charge in [-0.3, -0.25) is 0 Å². The second-order valence-corrected chi connectivity index (χ2v) is 4.70. The molecule has 21 heavy (non-hydrogen) atoms. The molecular weight excluding hydrogens is 266 g/mol. The molecule has 112 valence electrons. The highest BCUT2D eigenvalue weighted by Gasteiger charge is 2.05. The Labute approximate surface area is 125 Å². The summed E-state index contributed by atoms with van der Waals surface area (Å²) < 4.78 is 10.7. The molecule has 0 aromatic heterocycles.